The molecule has 0 N–H and O–H groups in total. The van der Waals surface area contributed by atoms with E-state index in [0.29, 0.717) is 5.75 Å². The van der Waals surface area contributed by atoms with Gasteiger partial charge in [0.15, 0.2) is 0 Å². The zero-order valence-electron chi connectivity index (χ0n) is 8.93. The fourth-order valence-corrected chi connectivity index (χ4v) is 2.43. The maximum atomic E-state index is 11.5. The smallest absolute Gasteiger partial charge is 0.237 e. The van der Waals surface area contributed by atoms with E-state index in [0.717, 1.165) is 17.3 Å². The van der Waals surface area contributed by atoms with Gasteiger partial charge in [0.05, 0.1) is 11.6 Å². The number of rotatable bonds is 2. The lowest BCUT2D eigenvalue weighted by Gasteiger charge is -2.18. The number of thioether (sulfide) groups is 1. The molecule has 0 saturated carbocycles. The molecule has 4 heteroatoms. The largest absolute Gasteiger partial charge is 0.378 e. The van der Waals surface area contributed by atoms with Crippen molar-refractivity contribution in [3.63, 3.8) is 0 Å². The Hall–Kier alpha value is -1.16. The summed E-state index contributed by atoms with van der Waals surface area (Å²) in [5.41, 5.74) is 2.12. The van der Waals surface area contributed by atoms with Gasteiger partial charge in [-0.3, -0.25) is 4.79 Å². The van der Waals surface area contributed by atoms with Gasteiger partial charge in [-0.05, 0) is 18.2 Å². The van der Waals surface area contributed by atoms with Crippen molar-refractivity contribution in [2.24, 2.45) is 0 Å². The third-order valence-corrected chi connectivity index (χ3v) is 3.30. The highest BCUT2D eigenvalue weighted by Crippen LogP contribution is 2.26. The van der Waals surface area contributed by atoms with Gasteiger partial charge in [0.1, 0.15) is 0 Å². The van der Waals surface area contributed by atoms with E-state index in [-0.39, 0.29) is 5.91 Å². The summed E-state index contributed by atoms with van der Waals surface area (Å²) in [4.78, 5) is 15.4. The fourth-order valence-electron chi connectivity index (χ4n) is 1.53. The molecule has 0 atom stereocenters. The second kappa shape index (κ2) is 4.14. The van der Waals surface area contributed by atoms with E-state index < -0.39 is 0 Å². The lowest BCUT2D eigenvalue weighted by Crippen LogP contribution is -2.25. The molecule has 0 spiro atoms. The number of carbonyl (C=O) groups is 1. The summed E-state index contributed by atoms with van der Waals surface area (Å²) in [5, 5.41) is 0. The normalized spacial score (nSPS) is 15.9. The molecule has 1 heterocycles. The summed E-state index contributed by atoms with van der Waals surface area (Å²) in [6.45, 7) is 0. The average Bonchev–Trinajstić information content (AvgIpc) is 2.64. The molecule has 1 aromatic rings. The number of anilines is 2. The molecule has 0 unspecified atom stereocenters. The molecule has 2 rings (SSSR count). The van der Waals surface area contributed by atoms with E-state index in [1.165, 1.54) is 0 Å². The Morgan fingerprint density at radius 2 is 2.20 bits per heavy atom. The quantitative estimate of drug-likeness (QED) is 0.762. The number of hydrogen-bond donors (Lipinski definition) is 0. The molecule has 1 aliphatic rings. The number of hydrogen-bond acceptors (Lipinski definition) is 3. The first-order valence-electron chi connectivity index (χ1n) is 4.84. The minimum Gasteiger partial charge on any atom is -0.378 e. The zero-order valence-corrected chi connectivity index (χ0v) is 9.75. The molecule has 1 saturated heterocycles. The Bertz CT molecular complexity index is 379. The predicted octanol–water partition coefficient (Wildman–Crippen LogP) is 1.79. The molecular formula is C11H14N2OS. The monoisotopic (exact) mass is 222 g/mol. The van der Waals surface area contributed by atoms with Crippen LogP contribution >= 0.6 is 11.8 Å². The summed E-state index contributed by atoms with van der Waals surface area (Å²) in [5.74, 6) is 1.58. The number of amides is 1. The van der Waals surface area contributed by atoms with Crippen LogP contribution in [0.4, 0.5) is 11.4 Å². The van der Waals surface area contributed by atoms with Crippen molar-refractivity contribution in [2.45, 2.75) is 0 Å². The van der Waals surface area contributed by atoms with Gasteiger partial charge >= 0.3 is 0 Å². The van der Waals surface area contributed by atoms with Crippen molar-refractivity contribution >= 4 is 29.0 Å². The zero-order chi connectivity index (χ0) is 10.8. The van der Waals surface area contributed by atoms with Gasteiger partial charge in [0.2, 0.25) is 5.91 Å². The molecule has 3 nitrogen and oxygen atoms in total. The molecule has 1 fully saturated rings. The molecule has 0 aliphatic carbocycles. The maximum Gasteiger partial charge on any atom is 0.237 e. The van der Waals surface area contributed by atoms with E-state index in [9.17, 15) is 4.79 Å². The maximum absolute atomic E-state index is 11.5. The SMILES string of the molecule is CN(C)c1cccc(N2CSCC2=O)c1. The van der Waals surface area contributed by atoms with Crippen LogP contribution in [0.5, 0.6) is 0 Å². The molecule has 0 radical (unpaired) electrons. The van der Waals surface area contributed by atoms with E-state index in [1.807, 2.05) is 48.2 Å². The first-order valence-corrected chi connectivity index (χ1v) is 5.99. The number of carbonyl (C=O) groups excluding carboxylic acids is 1. The molecule has 1 aromatic carbocycles. The van der Waals surface area contributed by atoms with E-state index >= 15 is 0 Å². The predicted molar refractivity (Wildman–Crippen MR) is 65.6 cm³/mol. The summed E-state index contributed by atoms with van der Waals surface area (Å²) in [6.07, 6.45) is 0. The van der Waals surface area contributed by atoms with E-state index in [4.69, 9.17) is 0 Å². The second-order valence-electron chi connectivity index (χ2n) is 3.71. The van der Waals surface area contributed by atoms with Crippen LogP contribution in [0.25, 0.3) is 0 Å². The van der Waals surface area contributed by atoms with Gasteiger partial charge in [-0.15, -0.1) is 11.8 Å². The standard InChI is InChI=1S/C11H14N2OS/c1-12(2)9-4-3-5-10(6-9)13-8-15-7-11(13)14/h3-6H,7-8H2,1-2H3. The Morgan fingerprint density at radius 3 is 2.80 bits per heavy atom. The number of nitrogens with zero attached hydrogens (tertiary/aromatic N) is 2. The van der Waals surface area contributed by atoms with Gasteiger partial charge in [0.25, 0.3) is 0 Å². The third kappa shape index (κ3) is 2.09. The Morgan fingerprint density at radius 1 is 1.40 bits per heavy atom. The lowest BCUT2D eigenvalue weighted by atomic mass is 10.2. The number of benzene rings is 1. The van der Waals surface area contributed by atoms with Crippen LogP contribution in [-0.2, 0) is 4.79 Å². The highest BCUT2D eigenvalue weighted by atomic mass is 32.2. The van der Waals surface area contributed by atoms with Crippen LogP contribution in [0, 0.1) is 0 Å². The molecule has 1 amide bonds. The van der Waals surface area contributed by atoms with E-state index in [1.54, 1.807) is 11.8 Å². The Balaban J connectivity index is 2.28. The fraction of sp³-hybridized carbons (Fsp3) is 0.364. The molecule has 0 aromatic heterocycles. The highest BCUT2D eigenvalue weighted by molar-refractivity contribution is 8.00. The summed E-state index contributed by atoms with van der Waals surface area (Å²) < 4.78 is 0. The third-order valence-electron chi connectivity index (χ3n) is 2.40. The van der Waals surface area contributed by atoms with Crippen molar-refractivity contribution in [1.29, 1.82) is 0 Å². The molecular weight excluding hydrogens is 208 g/mol. The van der Waals surface area contributed by atoms with Crippen LogP contribution in [0.3, 0.4) is 0 Å². The first-order chi connectivity index (χ1) is 7.18. The minimum absolute atomic E-state index is 0.205. The van der Waals surface area contributed by atoms with Gasteiger partial charge in [-0.2, -0.15) is 0 Å². The van der Waals surface area contributed by atoms with Gasteiger partial charge in [-0.1, -0.05) is 6.07 Å². The van der Waals surface area contributed by atoms with Crippen LogP contribution in [0.15, 0.2) is 24.3 Å². The molecule has 1 aliphatic heterocycles. The molecule has 15 heavy (non-hydrogen) atoms. The Kier molecular flexibility index (Phi) is 2.86. The first kappa shape index (κ1) is 10.4. The van der Waals surface area contributed by atoms with Crippen molar-refractivity contribution in [3.05, 3.63) is 24.3 Å². The van der Waals surface area contributed by atoms with Gasteiger partial charge in [0, 0.05) is 25.5 Å². The van der Waals surface area contributed by atoms with E-state index in [2.05, 4.69) is 0 Å². The van der Waals surface area contributed by atoms with Crippen LogP contribution in [0.1, 0.15) is 0 Å². The summed E-state index contributed by atoms with van der Waals surface area (Å²) in [6, 6.07) is 8.05. The lowest BCUT2D eigenvalue weighted by molar-refractivity contribution is -0.115. The summed E-state index contributed by atoms with van der Waals surface area (Å²) >= 11 is 1.66. The Labute approximate surface area is 94.1 Å². The highest BCUT2D eigenvalue weighted by Gasteiger charge is 2.22. The van der Waals surface area contributed by atoms with Crippen molar-refractivity contribution in [2.75, 3.05) is 35.5 Å². The van der Waals surface area contributed by atoms with Crippen LogP contribution < -0.4 is 9.80 Å². The molecule has 80 valence electrons. The van der Waals surface area contributed by atoms with Crippen molar-refractivity contribution in [3.8, 4) is 0 Å². The van der Waals surface area contributed by atoms with Gasteiger partial charge < -0.3 is 9.80 Å². The van der Waals surface area contributed by atoms with Crippen molar-refractivity contribution in [1.82, 2.24) is 0 Å². The second-order valence-corrected chi connectivity index (χ2v) is 4.67. The van der Waals surface area contributed by atoms with Gasteiger partial charge in [-0.25, -0.2) is 0 Å². The average molecular weight is 222 g/mol. The van der Waals surface area contributed by atoms with Crippen LogP contribution in [0.2, 0.25) is 0 Å². The van der Waals surface area contributed by atoms with Crippen LogP contribution in [-0.4, -0.2) is 31.6 Å². The van der Waals surface area contributed by atoms with Crippen molar-refractivity contribution < 1.29 is 4.79 Å². The molecule has 0 bridgehead atoms. The topological polar surface area (TPSA) is 23.6 Å². The summed E-state index contributed by atoms with van der Waals surface area (Å²) in [7, 11) is 4.00. The minimum atomic E-state index is 0.205.